The molecule has 0 bridgehead atoms. The van der Waals surface area contributed by atoms with Gasteiger partial charge in [0, 0.05) is 18.7 Å². The van der Waals surface area contributed by atoms with Crippen LogP contribution in [0.25, 0.3) is 0 Å². The molecule has 20 heavy (non-hydrogen) atoms. The van der Waals surface area contributed by atoms with Gasteiger partial charge in [0.15, 0.2) is 11.6 Å². The zero-order chi connectivity index (χ0) is 15.3. The van der Waals surface area contributed by atoms with Gasteiger partial charge in [-0.25, -0.2) is 4.39 Å². The van der Waals surface area contributed by atoms with Crippen molar-refractivity contribution in [2.75, 3.05) is 19.0 Å². The van der Waals surface area contributed by atoms with Gasteiger partial charge in [0.2, 0.25) is 0 Å². The molecule has 1 aromatic carbocycles. The van der Waals surface area contributed by atoms with Crippen LogP contribution in [0.3, 0.4) is 0 Å². The molecule has 0 aromatic heterocycles. The normalized spacial score (nSPS) is 12.3. The average Bonchev–Trinajstić information content (AvgIpc) is 2.39. The van der Waals surface area contributed by atoms with Crippen LogP contribution in [0.1, 0.15) is 20.3 Å². The lowest BCUT2D eigenvalue weighted by Gasteiger charge is -2.23. The number of anilines is 1. The summed E-state index contributed by atoms with van der Waals surface area (Å²) in [6, 6.07) is 1.96. The Morgan fingerprint density at radius 1 is 1.50 bits per heavy atom. The molecule has 0 radical (unpaired) electrons. The van der Waals surface area contributed by atoms with Crippen molar-refractivity contribution in [3.63, 3.8) is 0 Å². The number of nitrogens with zero attached hydrogens (tertiary/aromatic N) is 1. The van der Waals surface area contributed by atoms with Gasteiger partial charge < -0.3 is 15.2 Å². The number of hydrogen-bond acceptors (Lipinski definition) is 5. The maximum absolute atomic E-state index is 13.9. The van der Waals surface area contributed by atoms with Crippen LogP contribution in [0.2, 0.25) is 0 Å². The third kappa shape index (κ3) is 3.80. The summed E-state index contributed by atoms with van der Waals surface area (Å²) < 4.78 is 18.8. The molecule has 0 fully saturated rings. The van der Waals surface area contributed by atoms with Crippen molar-refractivity contribution >= 4 is 11.4 Å². The first-order valence-electron chi connectivity index (χ1n) is 6.30. The number of halogens is 1. The summed E-state index contributed by atoms with van der Waals surface area (Å²) in [5.74, 6) is -0.561. The second-order valence-corrected chi connectivity index (χ2v) is 4.77. The molecule has 0 saturated carbocycles. The maximum Gasteiger partial charge on any atom is 0.313 e. The Bertz CT molecular complexity index is 480. The Labute approximate surface area is 116 Å². The largest absolute Gasteiger partial charge is 0.490 e. The number of aliphatic hydroxyl groups excluding tert-OH is 1. The van der Waals surface area contributed by atoms with Gasteiger partial charge in [-0.2, -0.15) is 0 Å². The Hall–Kier alpha value is -1.89. The lowest BCUT2D eigenvalue weighted by molar-refractivity contribution is -0.385. The van der Waals surface area contributed by atoms with Gasteiger partial charge in [-0.3, -0.25) is 10.1 Å². The molecule has 0 heterocycles. The van der Waals surface area contributed by atoms with E-state index in [9.17, 15) is 14.5 Å². The monoisotopic (exact) mass is 286 g/mol. The van der Waals surface area contributed by atoms with Crippen molar-refractivity contribution in [3.8, 4) is 5.75 Å². The van der Waals surface area contributed by atoms with E-state index in [0.717, 1.165) is 6.07 Å². The molecular formula is C13H19FN2O4. The Morgan fingerprint density at radius 3 is 2.60 bits per heavy atom. The molecule has 1 aromatic rings. The van der Waals surface area contributed by atoms with Crippen LogP contribution < -0.4 is 10.1 Å². The fourth-order valence-corrected chi connectivity index (χ4v) is 1.87. The number of nitrogens with one attached hydrogen (secondary N) is 1. The third-order valence-electron chi connectivity index (χ3n) is 3.05. The number of aliphatic hydroxyl groups is 1. The second kappa shape index (κ2) is 7.04. The fraction of sp³-hybridized carbons (Fsp3) is 0.538. The van der Waals surface area contributed by atoms with E-state index in [-0.39, 0.29) is 30.0 Å². The van der Waals surface area contributed by atoms with E-state index in [1.54, 1.807) is 0 Å². The number of methoxy groups -OCH3 is 1. The molecule has 112 valence electrons. The van der Waals surface area contributed by atoms with Gasteiger partial charge in [0.1, 0.15) is 0 Å². The van der Waals surface area contributed by atoms with E-state index < -0.39 is 16.4 Å². The fourth-order valence-electron chi connectivity index (χ4n) is 1.87. The number of nitro groups is 1. The summed E-state index contributed by atoms with van der Waals surface area (Å²) in [5, 5.41) is 22.7. The van der Waals surface area contributed by atoms with E-state index in [1.165, 1.54) is 13.2 Å². The number of rotatable bonds is 7. The summed E-state index contributed by atoms with van der Waals surface area (Å²) in [5.41, 5.74) is -0.293. The standard InChI is InChI=1S/C13H19FN2O4/c1-8(2)10(4-5-17)15-11-7-13(20-3)12(16(18)19)6-9(11)14/h6-8,10,15,17H,4-5H2,1-3H3. The van der Waals surface area contributed by atoms with Crippen molar-refractivity contribution in [1.29, 1.82) is 0 Å². The van der Waals surface area contributed by atoms with Crippen LogP contribution in [0.5, 0.6) is 5.75 Å². The smallest absolute Gasteiger partial charge is 0.313 e. The topological polar surface area (TPSA) is 84.6 Å². The summed E-state index contributed by atoms with van der Waals surface area (Å²) >= 11 is 0. The highest BCUT2D eigenvalue weighted by molar-refractivity contribution is 5.59. The lowest BCUT2D eigenvalue weighted by atomic mass is 10.0. The summed E-state index contributed by atoms with van der Waals surface area (Å²) in [7, 11) is 1.29. The molecule has 0 aliphatic heterocycles. The molecule has 0 amide bonds. The second-order valence-electron chi connectivity index (χ2n) is 4.77. The highest BCUT2D eigenvalue weighted by Gasteiger charge is 2.21. The van der Waals surface area contributed by atoms with Gasteiger partial charge in [-0.15, -0.1) is 0 Å². The average molecular weight is 286 g/mol. The predicted molar refractivity (Wildman–Crippen MR) is 73.6 cm³/mol. The molecule has 1 unspecified atom stereocenters. The van der Waals surface area contributed by atoms with Gasteiger partial charge in [-0.05, 0) is 12.3 Å². The Morgan fingerprint density at radius 2 is 2.15 bits per heavy atom. The zero-order valence-corrected chi connectivity index (χ0v) is 11.7. The number of ether oxygens (including phenoxy) is 1. The predicted octanol–water partition coefficient (Wildman–Crippen LogP) is 2.56. The molecule has 6 nitrogen and oxygen atoms in total. The molecule has 0 spiro atoms. The van der Waals surface area contributed by atoms with Gasteiger partial charge >= 0.3 is 5.69 Å². The zero-order valence-electron chi connectivity index (χ0n) is 11.7. The molecule has 0 aliphatic rings. The summed E-state index contributed by atoms with van der Waals surface area (Å²) in [6.45, 7) is 3.85. The van der Waals surface area contributed by atoms with Crippen molar-refractivity contribution in [1.82, 2.24) is 0 Å². The molecule has 7 heteroatoms. The van der Waals surface area contributed by atoms with Crippen LogP contribution in [0, 0.1) is 21.8 Å². The number of nitro benzene ring substituents is 1. The molecular weight excluding hydrogens is 267 g/mol. The van der Waals surface area contributed by atoms with Gasteiger partial charge in [0.05, 0.1) is 23.8 Å². The minimum atomic E-state index is -0.721. The van der Waals surface area contributed by atoms with Crippen LogP contribution >= 0.6 is 0 Å². The van der Waals surface area contributed by atoms with E-state index in [0.29, 0.717) is 6.42 Å². The van der Waals surface area contributed by atoms with Gasteiger partial charge in [0.25, 0.3) is 0 Å². The SMILES string of the molecule is COc1cc(NC(CCO)C(C)C)c(F)cc1[N+](=O)[O-]. The quantitative estimate of drug-likeness (QED) is 0.594. The highest BCUT2D eigenvalue weighted by Crippen LogP contribution is 2.33. The highest BCUT2D eigenvalue weighted by atomic mass is 19.1. The van der Waals surface area contributed by atoms with Crippen LogP contribution in [-0.4, -0.2) is 29.8 Å². The van der Waals surface area contributed by atoms with E-state index >= 15 is 0 Å². The summed E-state index contributed by atoms with van der Waals surface area (Å²) in [6.07, 6.45) is 0.455. The van der Waals surface area contributed by atoms with Crippen molar-refractivity contribution in [2.45, 2.75) is 26.3 Å². The van der Waals surface area contributed by atoms with Crippen molar-refractivity contribution in [2.24, 2.45) is 5.92 Å². The van der Waals surface area contributed by atoms with E-state index in [1.807, 2.05) is 13.8 Å². The van der Waals surface area contributed by atoms with E-state index in [2.05, 4.69) is 5.32 Å². The summed E-state index contributed by atoms with van der Waals surface area (Å²) in [4.78, 5) is 10.1. The first-order valence-corrected chi connectivity index (χ1v) is 6.30. The first-order chi connectivity index (χ1) is 9.40. The third-order valence-corrected chi connectivity index (χ3v) is 3.05. The van der Waals surface area contributed by atoms with Crippen LogP contribution in [0.4, 0.5) is 15.8 Å². The molecule has 0 saturated heterocycles. The van der Waals surface area contributed by atoms with Crippen LogP contribution in [0.15, 0.2) is 12.1 Å². The number of benzene rings is 1. The molecule has 0 aliphatic carbocycles. The maximum atomic E-state index is 13.9. The minimum Gasteiger partial charge on any atom is -0.490 e. The Balaban J connectivity index is 3.09. The lowest BCUT2D eigenvalue weighted by Crippen LogP contribution is -2.27. The molecule has 1 rings (SSSR count). The first kappa shape index (κ1) is 16.2. The van der Waals surface area contributed by atoms with Crippen molar-refractivity contribution in [3.05, 3.63) is 28.1 Å². The number of hydrogen-bond donors (Lipinski definition) is 2. The molecule has 2 N–H and O–H groups in total. The molecule has 1 atom stereocenters. The van der Waals surface area contributed by atoms with Crippen molar-refractivity contribution < 1.29 is 19.2 Å². The van der Waals surface area contributed by atoms with Gasteiger partial charge in [-0.1, -0.05) is 13.8 Å². The van der Waals surface area contributed by atoms with Crippen LogP contribution in [-0.2, 0) is 0 Å². The van der Waals surface area contributed by atoms with E-state index in [4.69, 9.17) is 9.84 Å². The minimum absolute atomic E-state index is 0.00888. The Kier molecular flexibility index (Phi) is 5.69.